The zero-order chi connectivity index (χ0) is 35.1. The van der Waals surface area contributed by atoms with Crippen LogP contribution in [0.25, 0.3) is 0 Å². The molecule has 0 unspecified atom stereocenters. The number of fused-ring (bicyclic) bond motifs is 1. The van der Waals surface area contributed by atoms with Gasteiger partial charge in [-0.3, -0.25) is 13.9 Å². The molecule has 4 aromatic carbocycles. The molecule has 1 heterocycles. The minimum atomic E-state index is -4.45. The van der Waals surface area contributed by atoms with Crippen LogP contribution < -0.4 is 19.1 Å². The number of ether oxygens (including phenoxy) is 2. The Balaban J connectivity index is 1.59. The van der Waals surface area contributed by atoms with Gasteiger partial charge in [-0.05, 0) is 73.0 Å². The van der Waals surface area contributed by atoms with E-state index in [1.165, 1.54) is 35.2 Å². The van der Waals surface area contributed by atoms with Crippen molar-refractivity contribution in [3.8, 4) is 11.5 Å². The first-order valence-corrected chi connectivity index (χ1v) is 17.9. The predicted molar refractivity (Wildman–Crippen MR) is 187 cm³/mol. The Morgan fingerprint density at radius 1 is 0.878 bits per heavy atom. The van der Waals surface area contributed by atoms with Crippen LogP contribution in [0.5, 0.6) is 11.5 Å². The number of nitrogens with one attached hydrogen (secondary N) is 1. The average Bonchev–Trinajstić information content (AvgIpc) is 3.10. The van der Waals surface area contributed by atoms with Gasteiger partial charge < -0.3 is 19.7 Å². The van der Waals surface area contributed by atoms with Crippen LogP contribution >= 0.6 is 23.2 Å². The first-order chi connectivity index (χ1) is 23.5. The maximum atomic E-state index is 14.6. The molecule has 1 N–H and O–H groups in total. The van der Waals surface area contributed by atoms with Crippen molar-refractivity contribution in [2.75, 3.05) is 24.1 Å². The molecule has 1 aliphatic rings. The highest BCUT2D eigenvalue weighted by Crippen LogP contribution is 2.34. The number of amides is 2. The van der Waals surface area contributed by atoms with E-state index in [1.54, 1.807) is 18.2 Å². The number of benzene rings is 4. The topological polar surface area (TPSA) is 105 Å². The normalized spacial score (nSPS) is 13.7. The number of nitrogens with zero attached hydrogens (tertiary/aromatic N) is 2. The molecule has 13 heteroatoms. The van der Waals surface area contributed by atoms with Gasteiger partial charge in [0.15, 0.2) is 11.5 Å². The predicted octanol–water partition coefficient (Wildman–Crippen LogP) is 6.65. The monoisotopic (exact) mass is 727 g/mol. The molecule has 0 saturated heterocycles. The third-order valence-electron chi connectivity index (χ3n) is 8.10. The molecule has 0 fully saturated rings. The first-order valence-electron chi connectivity index (χ1n) is 15.7. The molecule has 258 valence electrons. The molecule has 0 spiro atoms. The van der Waals surface area contributed by atoms with E-state index in [1.807, 2.05) is 44.2 Å². The summed E-state index contributed by atoms with van der Waals surface area (Å²) in [6, 6.07) is 21.8. The van der Waals surface area contributed by atoms with Gasteiger partial charge in [-0.1, -0.05) is 66.5 Å². The first kappa shape index (κ1) is 36.0. The van der Waals surface area contributed by atoms with Crippen LogP contribution in [0.15, 0.2) is 95.9 Å². The summed E-state index contributed by atoms with van der Waals surface area (Å²) in [6.07, 6.45) is 0.790. The fourth-order valence-electron chi connectivity index (χ4n) is 5.28. The van der Waals surface area contributed by atoms with Gasteiger partial charge in [0.05, 0.1) is 20.6 Å². The van der Waals surface area contributed by atoms with Crippen molar-refractivity contribution in [3.05, 3.63) is 118 Å². The Morgan fingerprint density at radius 2 is 1.57 bits per heavy atom. The highest BCUT2D eigenvalue weighted by molar-refractivity contribution is 7.92. The number of carbonyl (C=O) groups excluding carboxylic acids is 2. The Bertz CT molecular complexity index is 1900. The number of rotatable bonds is 13. The summed E-state index contributed by atoms with van der Waals surface area (Å²) >= 11 is 12.5. The fraction of sp³-hybridized carbons (Fsp3) is 0.278. The Labute approximate surface area is 295 Å². The van der Waals surface area contributed by atoms with Crippen molar-refractivity contribution in [2.45, 2.75) is 50.2 Å². The van der Waals surface area contributed by atoms with E-state index < -0.39 is 40.2 Å². The second-order valence-corrected chi connectivity index (χ2v) is 14.3. The van der Waals surface area contributed by atoms with Gasteiger partial charge in [0.25, 0.3) is 10.0 Å². The second-order valence-electron chi connectivity index (χ2n) is 11.6. The number of hydrogen-bond donors (Lipinski definition) is 1. The molecule has 4 aromatic rings. The van der Waals surface area contributed by atoms with Gasteiger partial charge in [-0.15, -0.1) is 0 Å². The van der Waals surface area contributed by atoms with E-state index in [9.17, 15) is 22.4 Å². The maximum absolute atomic E-state index is 14.6. The summed E-state index contributed by atoms with van der Waals surface area (Å²) in [7, 11) is -4.45. The number of sulfonamides is 1. The van der Waals surface area contributed by atoms with Crippen LogP contribution in [-0.2, 0) is 32.6 Å². The number of hydrogen-bond acceptors (Lipinski definition) is 6. The second kappa shape index (κ2) is 15.9. The van der Waals surface area contributed by atoms with Crippen molar-refractivity contribution < 1.29 is 31.9 Å². The molecular weight excluding hydrogens is 692 g/mol. The molecule has 5 rings (SSSR count). The van der Waals surface area contributed by atoms with Gasteiger partial charge in [0.1, 0.15) is 31.6 Å². The quantitative estimate of drug-likeness (QED) is 0.165. The van der Waals surface area contributed by atoms with Gasteiger partial charge in [-0.25, -0.2) is 12.8 Å². The van der Waals surface area contributed by atoms with Crippen LogP contribution in [0.3, 0.4) is 0 Å². The largest absolute Gasteiger partial charge is 0.486 e. The number of anilines is 1. The lowest BCUT2D eigenvalue weighted by atomic mass is 10.0. The zero-order valence-electron chi connectivity index (χ0n) is 26.9. The Hall–Kier alpha value is -4.32. The van der Waals surface area contributed by atoms with Gasteiger partial charge in [0, 0.05) is 25.1 Å². The molecule has 1 aliphatic heterocycles. The minimum absolute atomic E-state index is 0.0443. The summed E-state index contributed by atoms with van der Waals surface area (Å²) in [5.74, 6) is -1.05. The molecule has 0 bridgehead atoms. The van der Waals surface area contributed by atoms with Gasteiger partial charge in [-0.2, -0.15) is 0 Å². The van der Waals surface area contributed by atoms with E-state index in [0.29, 0.717) is 29.4 Å². The summed E-state index contributed by atoms with van der Waals surface area (Å²) < 4.78 is 54.8. The summed E-state index contributed by atoms with van der Waals surface area (Å²) in [5, 5.41) is 3.55. The molecule has 0 aromatic heterocycles. The molecular formula is C36H36Cl2FN3O6S. The molecule has 0 saturated carbocycles. The zero-order valence-corrected chi connectivity index (χ0v) is 29.3. The maximum Gasteiger partial charge on any atom is 0.264 e. The van der Waals surface area contributed by atoms with Crippen LogP contribution in [0.1, 0.15) is 31.4 Å². The summed E-state index contributed by atoms with van der Waals surface area (Å²) in [6.45, 7) is 3.53. The lowest BCUT2D eigenvalue weighted by Crippen LogP contribution is -2.54. The standard InChI is InChI=1S/C36H36Cl2FN3O6S/c1-3-24(2)40-36(44)32(20-25-7-5-4-6-8-25)41(22-26-9-15-30(37)31(38)19-26)35(43)23-42(28-12-10-27(39)11-13-28)49(45,46)29-14-16-33-34(21-29)48-18-17-47-33/h4-16,19,21,24,32H,3,17-18,20,22-23H2,1-2H3,(H,40,44)/t24-,32-/m1/s1. The lowest BCUT2D eigenvalue weighted by Gasteiger charge is -2.34. The number of halogens is 3. The lowest BCUT2D eigenvalue weighted by molar-refractivity contribution is -0.140. The molecule has 9 nitrogen and oxygen atoms in total. The van der Waals surface area contributed by atoms with Crippen molar-refractivity contribution in [1.82, 2.24) is 10.2 Å². The average molecular weight is 729 g/mol. The third-order valence-corrected chi connectivity index (χ3v) is 10.6. The van der Waals surface area contributed by atoms with Gasteiger partial charge in [0.2, 0.25) is 11.8 Å². The minimum Gasteiger partial charge on any atom is -0.486 e. The highest BCUT2D eigenvalue weighted by atomic mass is 35.5. The molecule has 0 radical (unpaired) electrons. The third kappa shape index (κ3) is 8.83. The molecule has 2 atom stereocenters. The highest BCUT2D eigenvalue weighted by Gasteiger charge is 2.35. The SMILES string of the molecule is CC[C@@H](C)NC(=O)[C@@H](Cc1ccccc1)N(Cc1ccc(Cl)c(Cl)c1)C(=O)CN(c1ccc(F)cc1)S(=O)(=O)c1ccc2c(c1)OCCO2. The van der Waals surface area contributed by atoms with Crippen LogP contribution in [-0.4, -0.2) is 57.0 Å². The molecule has 49 heavy (non-hydrogen) atoms. The van der Waals surface area contributed by atoms with Crippen molar-refractivity contribution in [2.24, 2.45) is 0 Å². The molecule has 2 amide bonds. The van der Waals surface area contributed by atoms with E-state index in [-0.39, 0.29) is 47.0 Å². The van der Waals surface area contributed by atoms with E-state index in [2.05, 4.69) is 5.32 Å². The molecule has 0 aliphatic carbocycles. The van der Waals surface area contributed by atoms with Crippen molar-refractivity contribution in [3.63, 3.8) is 0 Å². The number of carbonyl (C=O) groups is 2. The van der Waals surface area contributed by atoms with E-state index >= 15 is 0 Å². The smallest absolute Gasteiger partial charge is 0.264 e. The fourth-order valence-corrected chi connectivity index (χ4v) is 7.03. The van der Waals surface area contributed by atoms with Gasteiger partial charge >= 0.3 is 0 Å². The van der Waals surface area contributed by atoms with Crippen molar-refractivity contribution in [1.29, 1.82) is 0 Å². The van der Waals surface area contributed by atoms with Crippen LogP contribution in [0.2, 0.25) is 10.0 Å². The summed E-state index contributed by atoms with van der Waals surface area (Å²) in [5.41, 5.74) is 1.40. The Kier molecular flexibility index (Phi) is 11.7. The summed E-state index contributed by atoms with van der Waals surface area (Å²) in [4.78, 5) is 29.8. The van der Waals surface area contributed by atoms with E-state index in [4.69, 9.17) is 32.7 Å². The van der Waals surface area contributed by atoms with Crippen LogP contribution in [0, 0.1) is 5.82 Å². The van der Waals surface area contributed by atoms with Crippen LogP contribution in [0.4, 0.5) is 10.1 Å². The Morgan fingerprint density at radius 3 is 2.24 bits per heavy atom. The van der Waals surface area contributed by atoms with Crippen molar-refractivity contribution >= 4 is 50.7 Å². The van der Waals surface area contributed by atoms with E-state index in [0.717, 1.165) is 22.0 Å².